The number of nitrogens with one attached hydrogen (secondary N) is 1. The van der Waals surface area contributed by atoms with E-state index in [1.807, 2.05) is 13.0 Å². The molecule has 1 saturated heterocycles. The van der Waals surface area contributed by atoms with Gasteiger partial charge in [-0.05, 0) is 54.5 Å². The van der Waals surface area contributed by atoms with E-state index in [1.54, 1.807) is 6.07 Å². The maximum absolute atomic E-state index is 11.0. The van der Waals surface area contributed by atoms with Crippen molar-refractivity contribution >= 4 is 10.9 Å². The number of ether oxygens (including phenoxy) is 2. The predicted molar refractivity (Wildman–Crippen MR) is 118 cm³/mol. The number of fused-ring (bicyclic) bond motifs is 1. The van der Waals surface area contributed by atoms with Crippen molar-refractivity contribution in [1.29, 1.82) is 0 Å². The summed E-state index contributed by atoms with van der Waals surface area (Å²) in [6.07, 6.45) is -3.87. The van der Waals surface area contributed by atoms with Crippen molar-refractivity contribution in [3.63, 3.8) is 0 Å². The average Bonchev–Trinajstić information content (AvgIpc) is 3.57. The summed E-state index contributed by atoms with van der Waals surface area (Å²) >= 11 is 0. The number of nitrogens with zero attached hydrogens (tertiary/aromatic N) is 1. The Labute approximate surface area is 190 Å². The second-order valence-electron chi connectivity index (χ2n) is 9.05. The van der Waals surface area contributed by atoms with Gasteiger partial charge in [0, 0.05) is 6.42 Å². The Balaban J connectivity index is 1.48. The van der Waals surface area contributed by atoms with Crippen molar-refractivity contribution in [3.05, 3.63) is 58.8 Å². The Kier molecular flexibility index (Phi) is 5.64. The van der Waals surface area contributed by atoms with Crippen LogP contribution in [0.15, 0.2) is 36.4 Å². The molecule has 1 aliphatic carbocycles. The Morgan fingerprint density at radius 2 is 1.88 bits per heavy atom. The average molecular weight is 456 g/mol. The molecule has 9 heteroatoms. The molecule has 2 aliphatic rings. The first kappa shape index (κ1) is 22.3. The fourth-order valence-corrected chi connectivity index (χ4v) is 4.42. The maximum atomic E-state index is 11.0. The van der Waals surface area contributed by atoms with Crippen LogP contribution in [0.4, 0.5) is 0 Å². The molecule has 9 nitrogen and oxygen atoms in total. The molecular formula is C24H28N2O7. The SMILES string of the molecule is Cc1cc(O[C@]2(O)[C@@H](O)O[C@H](CO)[C@@H](O)[C@@H]2O)c2c(Cc3ccc(C4CC4)cc3)[nH]nc2c1. The molecule has 2 aromatic carbocycles. The minimum absolute atomic E-state index is 0.169. The van der Waals surface area contributed by atoms with Crippen LogP contribution in [0.5, 0.6) is 5.75 Å². The summed E-state index contributed by atoms with van der Waals surface area (Å²) < 4.78 is 10.8. The van der Waals surface area contributed by atoms with Crippen molar-refractivity contribution in [2.24, 2.45) is 0 Å². The number of benzene rings is 2. The van der Waals surface area contributed by atoms with Crippen molar-refractivity contribution in [1.82, 2.24) is 10.2 Å². The van der Waals surface area contributed by atoms with E-state index in [4.69, 9.17) is 9.47 Å². The number of aryl methyl sites for hydroxylation is 1. The van der Waals surface area contributed by atoms with Crippen LogP contribution in [0, 0.1) is 6.92 Å². The zero-order valence-electron chi connectivity index (χ0n) is 18.2. The number of hydrogen-bond donors (Lipinski definition) is 6. The first-order chi connectivity index (χ1) is 15.8. The summed E-state index contributed by atoms with van der Waals surface area (Å²) in [6.45, 7) is 1.17. The Hall–Kier alpha value is -2.53. The van der Waals surface area contributed by atoms with Crippen molar-refractivity contribution in [2.45, 2.75) is 62.5 Å². The van der Waals surface area contributed by atoms with E-state index in [2.05, 4.69) is 34.5 Å². The number of aromatic amines is 1. The summed E-state index contributed by atoms with van der Waals surface area (Å²) in [5.41, 5.74) is 4.51. The van der Waals surface area contributed by atoms with Crippen LogP contribution in [-0.2, 0) is 11.2 Å². The zero-order chi connectivity index (χ0) is 23.3. The minimum atomic E-state index is -2.66. The van der Waals surface area contributed by atoms with E-state index in [0.29, 0.717) is 23.2 Å². The summed E-state index contributed by atoms with van der Waals surface area (Å²) in [5, 5.41) is 59.3. The Bertz CT molecular complexity index is 1140. The van der Waals surface area contributed by atoms with Crippen LogP contribution >= 0.6 is 0 Å². The van der Waals surface area contributed by atoms with Gasteiger partial charge in [-0.1, -0.05) is 24.3 Å². The molecule has 0 bridgehead atoms. The normalized spacial score (nSPS) is 30.0. The lowest BCUT2D eigenvalue weighted by molar-refractivity contribution is -0.385. The maximum Gasteiger partial charge on any atom is 0.288 e. The summed E-state index contributed by atoms with van der Waals surface area (Å²) in [4.78, 5) is 0. The third-order valence-corrected chi connectivity index (χ3v) is 6.49. The highest BCUT2D eigenvalue weighted by Crippen LogP contribution is 2.40. The number of aliphatic hydroxyl groups excluding tert-OH is 4. The highest BCUT2D eigenvalue weighted by atomic mass is 16.7. The van der Waals surface area contributed by atoms with Gasteiger partial charge in [-0.3, -0.25) is 5.10 Å². The van der Waals surface area contributed by atoms with Crippen molar-refractivity contribution in [3.8, 4) is 5.75 Å². The molecule has 1 aromatic heterocycles. The molecule has 0 radical (unpaired) electrons. The Morgan fingerprint density at radius 1 is 1.15 bits per heavy atom. The lowest BCUT2D eigenvalue weighted by atomic mass is 9.95. The first-order valence-electron chi connectivity index (χ1n) is 11.1. The van der Waals surface area contributed by atoms with Crippen LogP contribution in [0.2, 0.25) is 0 Å². The van der Waals surface area contributed by atoms with Gasteiger partial charge in [0.05, 0.1) is 23.2 Å². The molecule has 5 atom stereocenters. The smallest absolute Gasteiger partial charge is 0.288 e. The van der Waals surface area contributed by atoms with E-state index in [1.165, 1.54) is 18.4 Å². The highest BCUT2D eigenvalue weighted by molar-refractivity contribution is 5.88. The number of aromatic nitrogens is 2. The van der Waals surface area contributed by atoms with E-state index in [9.17, 15) is 25.5 Å². The van der Waals surface area contributed by atoms with E-state index in [0.717, 1.165) is 16.8 Å². The fraction of sp³-hybridized carbons (Fsp3) is 0.458. The molecule has 176 valence electrons. The molecule has 1 saturated carbocycles. The van der Waals surface area contributed by atoms with Gasteiger partial charge < -0.3 is 35.0 Å². The predicted octanol–water partition coefficient (Wildman–Crippen LogP) is 0.838. The summed E-state index contributed by atoms with van der Waals surface area (Å²) in [7, 11) is 0. The molecule has 0 spiro atoms. The number of H-pyrrole nitrogens is 1. The third kappa shape index (κ3) is 4.01. The molecule has 2 fully saturated rings. The van der Waals surface area contributed by atoms with Crippen LogP contribution in [0.1, 0.15) is 41.1 Å². The van der Waals surface area contributed by atoms with Crippen molar-refractivity contribution < 1.29 is 35.0 Å². The number of aliphatic hydroxyl groups is 5. The first-order valence-corrected chi connectivity index (χ1v) is 11.1. The van der Waals surface area contributed by atoms with Gasteiger partial charge in [0.1, 0.15) is 18.0 Å². The van der Waals surface area contributed by atoms with Crippen molar-refractivity contribution in [2.75, 3.05) is 6.61 Å². The summed E-state index contributed by atoms with van der Waals surface area (Å²) in [6, 6.07) is 11.9. The largest absolute Gasteiger partial charge is 0.453 e. The van der Waals surface area contributed by atoms with Crippen LogP contribution < -0.4 is 4.74 Å². The van der Waals surface area contributed by atoms with Gasteiger partial charge in [0.25, 0.3) is 5.79 Å². The van der Waals surface area contributed by atoms with E-state index < -0.39 is 37.0 Å². The molecule has 0 amide bonds. The third-order valence-electron chi connectivity index (χ3n) is 6.49. The monoisotopic (exact) mass is 456 g/mol. The van der Waals surface area contributed by atoms with Gasteiger partial charge in [0.15, 0.2) is 6.10 Å². The van der Waals surface area contributed by atoms with Crippen LogP contribution in [-0.4, -0.2) is 72.7 Å². The van der Waals surface area contributed by atoms with Crippen LogP contribution in [0.25, 0.3) is 10.9 Å². The quantitative estimate of drug-likeness (QED) is 0.299. The molecule has 33 heavy (non-hydrogen) atoms. The van der Waals surface area contributed by atoms with E-state index in [-0.39, 0.29) is 5.75 Å². The van der Waals surface area contributed by atoms with E-state index >= 15 is 0 Å². The summed E-state index contributed by atoms with van der Waals surface area (Å²) in [5.74, 6) is -1.82. The van der Waals surface area contributed by atoms with Crippen LogP contribution in [0.3, 0.4) is 0 Å². The number of hydrogen-bond acceptors (Lipinski definition) is 8. The molecule has 6 N–H and O–H groups in total. The van der Waals surface area contributed by atoms with Gasteiger partial charge >= 0.3 is 0 Å². The van der Waals surface area contributed by atoms with Gasteiger partial charge in [-0.2, -0.15) is 5.10 Å². The topological polar surface area (TPSA) is 148 Å². The van der Waals surface area contributed by atoms with Gasteiger partial charge in [-0.15, -0.1) is 0 Å². The second kappa shape index (κ2) is 8.35. The molecule has 1 aliphatic heterocycles. The molecule has 0 unspecified atom stereocenters. The number of rotatable bonds is 6. The fourth-order valence-electron chi connectivity index (χ4n) is 4.42. The molecule has 5 rings (SSSR count). The van der Waals surface area contributed by atoms with Gasteiger partial charge in [0.2, 0.25) is 6.29 Å². The minimum Gasteiger partial charge on any atom is -0.453 e. The molecular weight excluding hydrogens is 428 g/mol. The molecule has 3 aromatic rings. The lowest BCUT2D eigenvalue weighted by Gasteiger charge is -2.45. The van der Waals surface area contributed by atoms with Gasteiger partial charge in [-0.25, -0.2) is 0 Å². The lowest BCUT2D eigenvalue weighted by Crippen LogP contribution is -2.69. The molecule has 2 heterocycles. The second-order valence-corrected chi connectivity index (χ2v) is 9.05. The zero-order valence-corrected chi connectivity index (χ0v) is 18.2. The standard InChI is InChI=1S/C24H28N2O7/c1-12-8-16-20(17(26-25-16)10-13-2-4-14(5-3-13)15-6-7-15)18(9-12)33-24(31)22(29)21(28)19(11-27)32-23(24)30/h2-5,8-9,15,19,21-23,27-31H,6-7,10-11H2,1H3,(H,25,26)/t19-,21-,22+,23+,24+/m1/s1. The highest BCUT2D eigenvalue weighted by Gasteiger charge is 2.57. The Morgan fingerprint density at radius 3 is 2.55 bits per heavy atom.